The summed E-state index contributed by atoms with van der Waals surface area (Å²) in [7, 11) is 0. The molecular formula is C15H13N3OS2. The lowest BCUT2D eigenvalue weighted by atomic mass is 10.1. The van der Waals surface area contributed by atoms with Crippen molar-refractivity contribution in [2.75, 3.05) is 6.26 Å². The first kappa shape index (κ1) is 15.4. The Hall–Kier alpha value is -1.97. The van der Waals surface area contributed by atoms with Crippen LogP contribution < -0.4 is 0 Å². The molecule has 0 bridgehead atoms. The molecule has 1 unspecified atom stereocenters. The summed E-state index contributed by atoms with van der Waals surface area (Å²) in [6.45, 7) is 0.417. The molecule has 4 nitrogen and oxygen atoms in total. The normalized spacial score (nSPS) is 12.7. The minimum atomic E-state index is -0.838. The molecule has 0 aliphatic carbocycles. The molecule has 0 radical (unpaired) electrons. The van der Waals surface area contributed by atoms with Crippen molar-refractivity contribution in [2.45, 2.75) is 6.54 Å². The van der Waals surface area contributed by atoms with Crippen molar-refractivity contribution in [3.05, 3.63) is 52.5 Å². The van der Waals surface area contributed by atoms with Gasteiger partial charge in [0.2, 0.25) is 0 Å². The van der Waals surface area contributed by atoms with E-state index in [1.165, 1.54) is 23.1 Å². The van der Waals surface area contributed by atoms with Crippen molar-refractivity contribution in [1.29, 1.82) is 5.26 Å². The number of carbonyl (C=O) groups excluding carboxylic acids is 1. The third-order valence-corrected chi connectivity index (χ3v) is 4.42. The number of ketones is 1. The highest BCUT2D eigenvalue weighted by Crippen LogP contribution is 2.20. The summed E-state index contributed by atoms with van der Waals surface area (Å²) in [6, 6.07) is 9.35. The summed E-state index contributed by atoms with van der Waals surface area (Å²) in [5, 5.41) is 11.7. The molecule has 2 heterocycles. The Morgan fingerprint density at radius 1 is 1.52 bits per heavy atom. The van der Waals surface area contributed by atoms with Gasteiger partial charge in [0, 0.05) is 12.4 Å². The van der Waals surface area contributed by atoms with Crippen molar-refractivity contribution >= 4 is 33.9 Å². The molecule has 2 aromatic heterocycles. The number of nitrogens with zero attached hydrogens (tertiary/aromatic N) is 3. The van der Waals surface area contributed by atoms with Gasteiger partial charge in [-0.05, 0) is 29.3 Å². The maximum atomic E-state index is 12.3. The predicted octanol–water partition coefficient (Wildman–Crippen LogP) is 3.43. The number of aliphatic imine (C=N–C) groups is 1. The summed E-state index contributed by atoms with van der Waals surface area (Å²) in [6.07, 6.45) is 5.25. The monoisotopic (exact) mass is 315 g/mol. The molecule has 2 aromatic rings. The van der Waals surface area contributed by atoms with Crippen molar-refractivity contribution in [3.63, 3.8) is 0 Å². The van der Waals surface area contributed by atoms with Gasteiger partial charge >= 0.3 is 0 Å². The van der Waals surface area contributed by atoms with E-state index in [0.717, 1.165) is 5.56 Å². The van der Waals surface area contributed by atoms with E-state index in [1.54, 1.807) is 24.5 Å². The second-order valence-electron chi connectivity index (χ2n) is 4.12. The van der Waals surface area contributed by atoms with E-state index in [-0.39, 0.29) is 5.78 Å². The fourth-order valence-electron chi connectivity index (χ4n) is 1.72. The Bertz CT molecular complexity index is 660. The zero-order chi connectivity index (χ0) is 15.1. The van der Waals surface area contributed by atoms with E-state index < -0.39 is 5.92 Å². The van der Waals surface area contributed by atoms with Crippen LogP contribution in [-0.2, 0) is 6.54 Å². The third-order valence-electron chi connectivity index (χ3n) is 2.75. The zero-order valence-corrected chi connectivity index (χ0v) is 13.0. The van der Waals surface area contributed by atoms with Gasteiger partial charge in [-0.25, -0.2) is 0 Å². The fraction of sp³-hybridized carbons (Fsp3) is 0.200. The minimum Gasteiger partial charge on any atom is -0.291 e. The maximum absolute atomic E-state index is 12.3. The molecule has 106 valence electrons. The lowest BCUT2D eigenvalue weighted by Crippen LogP contribution is -2.20. The lowest BCUT2D eigenvalue weighted by molar-refractivity contribution is 0.0980. The average molecular weight is 315 g/mol. The number of hydrogen-bond acceptors (Lipinski definition) is 6. The summed E-state index contributed by atoms with van der Waals surface area (Å²) in [5.41, 5.74) is 0.948. The van der Waals surface area contributed by atoms with Crippen LogP contribution in [0.15, 0.2) is 47.0 Å². The molecule has 0 saturated carbocycles. The standard InChI is InChI=1S/C15H13N3OS2/c1-20-15(18-10-11-4-2-6-17-9-11)12(8-16)14(19)13-5-3-7-21-13/h2-7,9,12H,10H2,1H3. The first-order valence-corrected chi connectivity index (χ1v) is 8.31. The second kappa shape index (κ2) is 7.72. The maximum Gasteiger partial charge on any atom is 0.196 e. The first-order chi connectivity index (χ1) is 10.3. The van der Waals surface area contributed by atoms with Crippen LogP contribution in [0.3, 0.4) is 0 Å². The number of thiophene rings is 1. The van der Waals surface area contributed by atoms with Gasteiger partial charge in [0.05, 0.1) is 22.5 Å². The molecule has 0 aromatic carbocycles. The largest absolute Gasteiger partial charge is 0.291 e. The van der Waals surface area contributed by atoms with Gasteiger partial charge in [-0.3, -0.25) is 14.8 Å². The second-order valence-corrected chi connectivity index (χ2v) is 5.90. The van der Waals surface area contributed by atoms with Gasteiger partial charge in [-0.2, -0.15) is 5.26 Å². The van der Waals surface area contributed by atoms with Crippen LogP contribution in [-0.4, -0.2) is 22.1 Å². The van der Waals surface area contributed by atoms with Gasteiger partial charge < -0.3 is 0 Å². The molecule has 0 saturated heterocycles. The number of aromatic nitrogens is 1. The van der Waals surface area contributed by atoms with Crippen molar-refractivity contribution in [3.8, 4) is 6.07 Å². The van der Waals surface area contributed by atoms with Gasteiger partial charge in [-0.1, -0.05) is 12.1 Å². The van der Waals surface area contributed by atoms with Gasteiger partial charge in [-0.15, -0.1) is 23.1 Å². The zero-order valence-electron chi connectivity index (χ0n) is 11.4. The van der Waals surface area contributed by atoms with Gasteiger partial charge in [0.15, 0.2) is 11.7 Å². The SMILES string of the molecule is CSC(=NCc1cccnc1)C(C#N)C(=O)c1cccs1. The summed E-state index contributed by atoms with van der Waals surface area (Å²) >= 11 is 2.68. The quantitative estimate of drug-likeness (QED) is 0.482. The molecule has 0 amide bonds. The van der Waals surface area contributed by atoms with Crippen LogP contribution in [0.2, 0.25) is 0 Å². The van der Waals surface area contributed by atoms with Crippen molar-refractivity contribution in [1.82, 2.24) is 4.98 Å². The number of thioether (sulfide) groups is 1. The van der Waals surface area contributed by atoms with Crippen LogP contribution in [0, 0.1) is 17.2 Å². The molecule has 0 spiro atoms. The summed E-state index contributed by atoms with van der Waals surface area (Å²) < 4.78 is 0. The molecular weight excluding hydrogens is 302 g/mol. The van der Waals surface area contributed by atoms with E-state index in [0.29, 0.717) is 16.5 Å². The van der Waals surface area contributed by atoms with E-state index in [9.17, 15) is 10.1 Å². The molecule has 0 N–H and O–H groups in total. The summed E-state index contributed by atoms with van der Waals surface area (Å²) in [4.78, 5) is 21.4. The Kier molecular flexibility index (Phi) is 5.67. The highest BCUT2D eigenvalue weighted by molar-refractivity contribution is 8.13. The van der Waals surface area contributed by atoms with Crippen LogP contribution >= 0.6 is 23.1 Å². The molecule has 2 rings (SSSR count). The van der Waals surface area contributed by atoms with Crippen LogP contribution in [0.1, 0.15) is 15.2 Å². The molecule has 6 heteroatoms. The predicted molar refractivity (Wildman–Crippen MR) is 86.6 cm³/mol. The van der Waals surface area contributed by atoms with E-state index >= 15 is 0 Å². The first-order valence-electron chi connectivity index (χ1n) is 6.21. The number of carbonyl (C=O) groups is 1. The lowest BCUT2D eigenvalue weighted by Gasteiger charge is -2.08. The van der Waals surface area contributed by atoms with E-state index in [2.05, 4.69) is 16.0 Å². The average Bonchev–Trinajstić information content (AvgIpc) is 3.06. The topological polar surface area (TPSA) is 66.1 Å². The molecule has 1 atom stereocenters. The molecule has 0 aliphatic rings. The van der Waals surface area contributed by atoms with Crippen molar-refractivity contribution < 1.29 is 4.79 Å². The van der Waals surface area contributed by atoms with E-state index in [4.69, 9.17) is 0 Å². The number of Topliss-reactive ketones (excluding diaryl/α,β-unsaturated/α-hetero) is 1. The smallest absolute Gasteiger partial charge is 0.196 e. The van der Waals surface area contributed by atoms with Crippen LogP contribution in [0.4, 0.5) is 0 Å². The van der Waals surface area contributed by atoms with Crippen LogP contribution in [0.25, 0.3) is 0 Å². The van der Waals surface area contributed by atoms with Crippen molar-refractivity contribution in [2.24, 2.45) is 10.9 Å². The minimum absolute atomic E-state index is 0.188. The number of nitriles is 1. The highest BCUT2D eigenvalue weighted by atomic mass is 32.2. The highest BCUT2D eigenvalue weighted by Gasteiger charge is 2.25. The molecule has 0 fully saturated rings. The van der Waals surface area contributed by atoms with Gasteiger partial charge in [0.25, 0.3) is 0 Å². The number of hydrogen-bond donors (Lipinski definition) is 0. The number of pyridine rings is 1. The third kappa shape index (κ3) is 4.00. The Morgan fingerprint density at radius 3 is 2.95 bits per heavy atom. The van der Waals surface area contributed by atoms with Gasteiger partial charge in [0.1, 0.15) is 0 Å². The van der Waals surface area contributed by atoms with E-state index in [1.807, 2.05) is 23.8 Å². The Morgan fingerprint density at radius 2 is 2.38 bits per heavy atom. The number of rotatable bonds is 5. The van der Waals surface area contributed by atoms with Crippen LogP contribution in [0.5, 0.6) is 0 Å². The molecule has 21 heavy (non-hydrogen) atoms. The summed E-state index contributed by atoms with van der Waals surface area (Å²) in [5.74, 6) is -1.03. The fourth-order valence-corrected chi connectivity index (χ4v) is 3.01. The Labute approximate surface area is 131 Å². The Balaban J connectivity index is 2.18. The molecule has 0 aliphatic heterocycles.